The highest BCUT2D eigenvalue weighted by atomic mass is 32.1. The molecule has 3 N–H and O–H groups in total. The van der Waals surface area contributed by atoms with Gasteiger partial charge in [-0.25, -0.2) is 10.4 Å². The second-order valence-electron chi connectivity index (χ2n) is 5.58. The molecule has 22 heavy (non-hydrogen) atoms. The van der Waals surface area contributed by atoms with Gasteiger partial charge < -0.3 is 10.7 Å². The van der Waals surface area contributed by atoms with Crippen LogP contribution >= 0.6 is 11.3 Å². The van der Waals surface area contributed by atoms with Crippen LogP contribution in [0.25, 0.3) is 10.2 Å². The summed E-state index contributed by atoms with van der Waals surface area (Å²) in [5.41, 5.74) is 11.4. The number of benzene rings is 2. The van der Waals surface area contributed by atoms with Crippen LogP contribution in [0.3, 0.4) is 0 Å². The van der Waals surface area contributed by atoms with Gasteiger partial charge in [0.25, 0.3) is 0 Å². The first-order valence-corrected chi connectivity index (χ1v) is 8.26. The molecular formula is C17H18N4S. The number of hydrogen-bond acceptors (Lipinski definition) is 5. The van der Waals surface area contributed by atoms with E-state index in [2.05, 4.69) is 59.5 Å². The summed E-state index contributed by atoms with van der Waals surface area (Å²) in [6.45, 7) is 2.17. The maximum Gasteiger partial charge on any atom is 0.117 e. The Labute approximate surface area is 133 Å². The molecule has 0 aliphatic carbocycles. The standard InChI is InChI=1S/C17H18N4S/c1-10(18-2)11-7-8-13-12(9-11)16(21-20-13)17-19-14-5-3-4-6-15(14)22-17/h3-10,16,18,20-21H,1-2H3. The minimum atomic E-state index is 0.108. The fourth-order valence-electron chi connectivity index (χ4n) is 2.81. The van der Waals surface area contributed by atoms with Gasteiger partial charge in [-0.05, 0) is 37.7 Å². The summed E-state index contributed by atoms with van der Waals surface area (Å²) in [6.07, 6.45) is 0. The van der Waals surface area contributed by atoms with Crippen LogP contribution in [0.15, 0.2) is 42.5 Å². The molecule has 4 nitrogen and oxygen atoms in total. The Bertz CT molecular complexity index is 793. The molecule has 0 amide bonds. The number of nitrogens with zero attached hydrogens (tertiary/aromatic N) is 1. The van der Waals surface area contributed by atoms with E-state index in [9.17, 15) is 0 Å². The molecule has 2 atom stereocenters. The molecule has 1 aromatic heterocycles. The minimum Gasteiger partial charge on any atom is -0.320 e. The first-order valence-electron chi connectivity index (χ1n) is 7.44. The van der Waals surface area contributed by atoms with E-state index in [1.165, 1.54) is 15.8 Å². The summed E-state index contributed by atoms with van der Waals surface area (Å²) < 4.78 is 1.23. The quantitative estimate of drug-likeness (QED) is 0.692. The fourth-order valence-corrected chi connectivity index (χ4v) is 3.84. The van der Waals surface area contributed by atoms with Crippen molar-refractivity contribution in [3.05, 3.63) is 58.6 Å². The van der Waals surface area contributed by atoms with Crippen LogP contribution in [0, 0.1) is 0 Å². The number of rotatable bonds is 3. The zero-order valence-electron chi connectivity index (χ0n) is 12.6. The van der Waals surface area contributed by atoms with E-state index in [4.69, 9.17) is 4.98 Å². The van der Waals surface area contributed by atoms with E-state index in [-0.39, 0.29) is 6.04 Å². The van der Waals surface area contributed by atoms with E-state index in [1.54, 1.807) is 11.3 Å². The molecular weight excluding hydrogens is 292 g/mol. The number of anilines is 1. The lowest BCUT2D eigenvalue weighted by Crippen LogP contribution is -2.19. The van der Waals surface area contributed by atoms with Gasteiger partial charge >= 0.3 is 0 Å². The average Bonchev–Trinajstić information content (AvgIpc) is 3.16. The highest BCUT2D eigenvalue weighted by Crippen LogP contribution is 2.37. The normalized spacial score (nSPS) is 18.2. The number of thiazole rings is 1. The number of fused-ring (bicyclic) bond motifs is 2. The molecule has 2 heterocycles. The van der Waals surface area contributed by atoms with Crippen LogP contribution in [0.1, 0.15) is 35.1 Å². The highest BCUT2D eigenvalue weighted by molar-refractivity contribution is 7.18. The van der Waals surface area contributed by atoms with Crippen molar-refractivity contribution in [3.63, 3.8) is 0 Å². The first-order chi connectivity index (χ1) is 10.8. The molecule has 2 aromatic carbocycles. The lowest BCUT2D eigenvalue weighted by Gasteiger charge is -2.13. The third kappa shape index (κ3) is 2.18. The van der Waals surface area contributed by atoms with Crippen LogP contribution < -0.4 is 16.2 Å². The van der Waals surface area contributed by atoms with Gasteiger partial charge in [-0.2, -0.15) is 0 Å². The molecule has 3 aromatic rings. The Balaban J connectivity index is 1.77. The van der Waals surface area contributed by atoms with Gasteiger partial charge in [0.1, 0.15) is 11.0 Å². The maximum absolute atomic E-state index is 4.79. The van der Waals surface area contributed by atoms with Gasteiger partial charge in [-0.3, -0.25) is 0 Å². The number of nitrogens with one attached hydrogen (secondary N) is 3. The summed E-state index contributed by atoms with van der Waals surface area (Å²) in [5.74, 6) is 0. The molecule has 1 aliphatic rings. The van der Waals surface area contributed by atoms with E-state index in [0.717, 1.165) is 16.2 Å². The second-order valence-corrected chi connectivity index (χ2v) is 6.64. The SMILES string of the molecule is CNC(C)c1ccc2c(c1)C(c1nc3ccccc3s1)NN2. The number of aromatic nitrogens is 1. The van der Waals surface area contributed by atoms with Crippen molar-refractivity contribution < 1.29 is 0 Å². The molecule has 0 bridgehead atoms. The van der Waals surface area contributed by atoms with Crippen LogP contribution in [-0.2, 0) is 0 Å². The van der Waals surface area contributed by atoms with Crippen molar-refractivity contribution in [1.82, 2.24) is 15.7 Å². The lowest BCUT2D eigenvalue weighted by molar-refractivity contribution is 0.650. The Morgan fingerprint density at radius 1 is 1.23 bits per heavy atom. The zero-order valence-corrected chi connectivity index (χ0v) is 13.4. The van der Waals surface area contributed by atoms with Crippen LogP contribution in [0.5, 0.6) is 0 Å². The molecule has 5 heteroatoms. The number of hydrogen-bond donors (Lipinski definition) is 3. The molecule has 2 unspecified atom stereocenters. The van der Waals surface area contributed by atoms with E-state index >= 15 is 0 Å². The van der Waals surface area contributed by atoms with Gasteiger partial charge in [0.15, 0.2) is 0 Å². The largest absolute Gasteiger partial charge is 0.320 e. The maximum atomic E-state index is 4.79. The van der Waals surface area contributed by atoms with E-state index in [1.807, 2.05) is 13.1 Å². The van der Waals surface area contributed by atoms with Crippen LogP contribution in [0.4, 0.5) is 5.69 Å². The average molecular weight is 310 g/mol. The third-order valence-corrected chi connectivity index (χ3v) is 5.33. The number of para-hydroxylation sites is 1. The summed E-state index contributed by atoms with van der Waals surface area (Å²) >= 11 is 1.75. The molecule has 0 saturated heterocycles. The Morgan fingerprint density at radius 2 is 2.09 bits per heavy atom. The molecule has 112 valence electrons. The van der Waals surface area contributed by atoms with Crippen molar-refractivity contribution in [2.45, 2.75) is 19.0 Å². The monoisotopic (exact) mass is 310 g/mol. The molecule has 1 aliphatic heterocycles. The zero-order chi connectivity index (χ0) is 15.1. The van der Waals surface area contributed by atoms with Crippen molar-refractivity contribution in [1.29, 1.82) is 0 Å². The van der Waals surface area contributed by atoms with Gasteiger partial charge in [-0.15, -0.1) is 11.3 Å². The molecule has 0 spiro atoms. The lowest BCUT2D eigenvalue weighted by atomic mass is 10.0. The molecule has 4 rings (SSSR count). The van der Waals surface area contributed by atoms with Gasteiger partial charge in [0.2, 0.25) is 0 Å². The van der Waals surface area contributed by atoms with E-state index < -0.39 is 0 Å². The summed E-state index contributed by atoms with van der Waals surface area (Å²) in [4.78, 5) is 4.79. The number of hydrazine groups is 1. The minimum absolute atomic E-state index is 0.108. The molecule has 0 saturated carbocycles. The van der Waals surface area contributed by atoms with Gasteiger partial charge in [-0.1, -0.05) is 24.3 Å². The Hall–Kier alpha value is -1.95. The van der Waals surface area contributed by atoms with Gasteiger partial charge in [0, 0.05) is 11.6 Å². The fraction of sp³-hybridized carbons (Fsp3) is 0.235. The van der Waals surface area contributed by atoms with Gasteiger partial charge in [0.05, 0.1) is 15.9 Å². The predicted octanol–water partition coefficient (Wildman–Crippen LogP) is 3.60. The first kappa shape index (κ1) is 13.7. The Morgan fingerprint density at radius 3 is 2.91 bits per heavy atom. The van der Waals surface area contributed by atoms with Crippen molar-refractivity contribution in [3.8, 4) is 0 Å². The Kier molecular flexibility index (Phi) is 3.33. The van der Waals surface area contributed by atoms with Crippen LogP contribution in [-0.4, -0.2) is 12.0 Å². The third-order valence-electron chi connectivity index (χ3n) is 4.23. The van der Waals surface area contributed by atoms with E-state index in [0.29, 0.717) is 6.04 Å². The topological polar surface area (TPSA) is 49.0 Å². The molecule has 0 radical (unpaired) electrons. The van der Waals surface area contributed by atoms with Crippen molar-refractivity contribution in [2.75, 3.05) is 12.5 Å². The smallest absolute Gasteiger partial charge is 0.117 e. The summed E-state index contributed by atoms with van der Waals surface area (Å²) in [6, 6.07) is 15.3. The highest BCUT2D eigenvalue weighted by Gasteiger charge is 2.27. The predicted molar refractivity (Wildman–Crippen MR) is 92.1 cm³/mol. The summed E-state index contributed by atoms with van der Waals surface area (Å²) in [7, 11) is 1.99. The molecule has 0 fully saturated rings. The van der Waals surface area contributed by atoms with Crippen LogP contribution in [0.2, 0.25) is 0 Å². The van der Waals surface area contributed by atoms with Crippen molar-refractivity contribution >= 4 is 27.2 Å². The summed E-state index contributed by atoms with van der Waals surface area (Å²) in [5, 5.41) is 4.39. The second kappa shape index (κ2) is 5.35. The van der Waals surface area contributed by atoms with Crippen molar-refractivity contribution in [2.24, 2.45) is 0 Å².